The first-order valence-corrected chi connectivity index (χ1v) is 6.33. The molecule has 0 aromatic rings. The van der Waals surface area contributed by atoms with Crippen LogP contribution < -0.4 is 5.32 Å². The largest absolute Gasteiger partial charge is 0.481 e. The maximum absolute atomic E-state index is 11.7. The second-order valence-electron chi connectivity index (χ2n) is 6.41. The summed E-state index contributed by atoms with van der Waals surface area (Å²) in [7, 11) is 0. The molecule has 1 aliphatic carbocycles. The van der Waals surface area contributed by atoms with E-state index in [2.05, 4.69) is 5.32 Å². The van der Waals surface area contributed by atoms with Crippen molar-refractivity contribution in [3.8, 4) is 0 Å². The van der Waals surface area contributed by atoms with Gasteiger partial charge in [0.1, 0.15) is 5.60 Å². The number of carbonyl (C=O) groups is 2. The van der Waals surface area contributed by atoms with Gasteiger partial charge in [-0.15, -0.1) is 0 Å². The van der Waals surface area contributed by atoms with E-state index in [1.807, 2.05) is 0 Å². The number of hydrogen-bond acceptors (Lipinski definition) is 3. The minimum Gasteiger partial charge on any atom is -0.481 e. The smallest absolute Gasteiger partial charge is 0.408 e. The Bertz CT molecular complexity index is 330. The predicted molar refractivity (Wildman–Crippen MR) is 67.4 cm³/mol. The molecule has 5 heteroatoms. The van der Waals surface area contributed by atoms with Gasteiger partial charge in [-0.25, -0.2) is 4.79 Å². The van der Waals surface area contributed by atoms with Crippen LogP contribution in [0.15, 0.2) is 0 Å². The first-order chi connectivity index (χ1) is 8.10. The summed E-state index contributed by atoms with van der Waals surface area (Å²) < 4.78 is 5.17. The average molecular weight is 257 g/mol. The van der Waals surface area contributed by atoms with Crippen molar-refractivity contribution in [3.63, 3.8) is 0 Å². The molecule has 1 amide bonds. The molecule has 0 heterocycles. The zero-order valence-corrected chi connectivity index (χ0v) is 11.6. The Morgan fingerprint density at radius 3 is 2.22 bits per heavy atom. The molecule has 0 radical (unpaired) electrons. The van der Waals surface area contributed by atoms with E-state index in [0.717, 1.165) is 12.8 Å². The Morgan fingerprint density at radius 2 is 1.83 bits per heavy atom. The summed E-state index contributed by atoms with van der Waals surface area (Å²) in [5, 5.41) is 11.6. The monoisotopic (exact) mass is 257 g/mol. The lowest BCUT2D eigenvalue weighted by atomic mass is 9.91. The first-order valence-electron chi connectivity index (χ1n) is 6.33. The highest BCUT2D eigenvalue weighted by molar-refractivity contribution is 5.72. The van der Waals surface area contributed by atoms with Crippen LogP contribution in [0, 0.1) is 5.92 Å². The predicted octanol–water partition coefficient (Wildman–Crippen LogP) is 2.54. The van der Waals surface area contributed by atoms with Crippen molar-refractivity contribution in [2.24, 2.45) is 5.92 Å². The van der Waals surface area contributed by atoms with Gasteiger partial charge in [0.25, 0.3) is 0 Å². The average Bonchev–Trinajstić information content (AvgIpc) is 2.79. The molecule has 1 unspecified atom stereocenters. The van der Waals surface area contributed by atoms with Crippen LogP contribution in [0.5, 0.6) is 0 Å². The molecule has 0 bridgehead atoms. The van der Waals surface area contributed by atoms with Crippen molar-refractivity contribution < 1.29 is 19.4 Å². The van der Waals surface area contributed by atoms with Crippen LogP contribution in [0.1, 0.15) is 53.4 Å². The Hall–Kier alpha value is -1.26. The summed E-state index contributed by atoms with van der Waals surface area (Å²) in [6.45, 7) is 7.11. The quantitative estimate of drug-likeness (QED) is 0.793. The first kappa shape index (κ1) is 14.8. The maximum atomic E-state index is 11.7. The van der Waals surface area contributed by atoms with E-state index in [4.69, 9.17) is 9.84 Å². The summed E-state index contributed by atoms with van der Waals surface area (Å²) in [6, 6.07) is 0. The molecule has 1 saturated carbocycles. The van der Waals surface area contributed by atoms with Crippen molar-refractivity contribution in [1.29, 1.82) is 0 Å². The maximum Gasteiger partial charge on any atom is 0.408 e. The third kappa shape index (κ3) is 5.89. The van der Waals surface area contributed by atoms with Crippen LogP contribution in [0.25, 0.3) is 0 Å². The topological polar surface area (TPSA) is 75.6 Å². The van der Waals surface area contributed by atoms with E-state index in [-0.39, 0.29) is 6.42 Å². The zero-order chi connectivity index (χ0) is 14.0. The van der Waals surface area contributed by atoms with Gasteiger partial charge >= 0.3 is 12.1 Å². The molecular formula is C13H23NO4. The number of ether oxygens (including phenoxy) is 1. The molecule has 0 spiro atoms. The minimum atomic E-state index is -0.908. The van der Waals surface area contributed by atoms with Crippen molar-refractivity contribution >= 4 is 12.1 Å². The number of nitrogens with one attached hydrogen (secondary N) is 1. The number of amides is 1. The molecule has 1 rings (SSSR count). The van der Waals surface area contributed by atoms with E-state index in [0.29, 0.717) is 12.3 Å². The molecule has 0 aromatic heterocycles. The van der Waals surface area contributed by atoms with E-state index in [9.17, 15) is 9.59 Å². The van der Waals surface area contributed by atoms with E-state index < -0.39 is 23.2 Å². The van der Waals surface area contributed by atoms with Gasteiger partial charge in [-0.2, -0.15) is 0 Å². The van der Waals surface area contributed by atoms with Crippen LogP contribution in [0.4, 0.5) is 4.79 Å². The lowest BCUT2D eigenvalue weighted by molar-refractivity contribution is -0.138. The van der Waals surface area contributed by atoms with E-state index >= 15 is 0 Å². The lowest BCUT2D eigenvalue weighted by Crippen LogP contribution is -2.49. The standard InChI is InChI=1S/C13H23NO4/c1-12(2,3)18-11(17)14-13(4,8-10(15)16)7-9-5-6-9/h9H,5-8H2,1-4H3,(H,14,17)(H,15,16). The van der Waals surface area contributed by atoms with Crippen molar-refractivity contribution in [1.82, 2.24) is 5.32 Å². The Labute approximate surface area is 108 Å². The Morgan fingerprint density at radius 1 is 1.28 bits per heavy atom. The fraction of sp³-hybridized carbons (Fsp3) is 0.846. The van der Waals surface area contributed by atoms with Crippen LogP contribution in [0.3, 0.4) is 0 Å². The van der Waals surface area contributed by atoms with Gasteiger partial charge < -0.3 is 15.2 Å². The molecule has 0 saturated heterocycles. The molecule has 1 aliphatic rings. The van der Waals surface area contributed by atoms with Gasteiger partial charge in [0, 0.05) is 0 Å². The number of alkyl carbamates (subject to hydrolysis) is 1. The number of hydrogen-bond donors (Lipinski definition) is 2. The number of carbonyl (C=O) groups excluding carboxylic acids is 1. The van der Waals surface area contributed by atoms with Crippen LogP contribution in [-0.4, -0.2) is 28.3 Å². The molecule has 2 N–H and O–H groups in total. The zero-order valence-electron chi connectivity index (χ0n) is 11.6. The van der Waals surface area contributed by atoms with E-state index in [1.165, 1.54) is 0 Å². The summed E-state index contributed by atoms with van der Waals surface area (Å²) in [4.78, 5) is 22.6. The highest BCUT2D eigenvalue weighted by Crippen LogP contribution is 2.37. The lowest BCUT2D eigenvalue weighted by Gasteiger charge is -2.31. The summed E-state index contributed by atoms with van der Waals surface area (Å²) in [5.41, 5.74) is -1.30. The normalized spacial score (nSPS) is 18.9. The number of carboxylic acids is 1. The fourth-order valence-electron chi connectivity index (χ4n) is 2.01. The summed E-state index contributed by atoms with van der Waals surface area (Å²) >= 11 is 0. The van der Waals surface area contributed by atoms with Gasteiger partial charge in [0.2, 0.25) is 0 Å². The highest BCUT2D eigenvalue weighted by atomic mass is 16.6. The number of rotatable bonds is 5. The summed E-state index contributed by atoms with van der Waals surface area (Å²) in [6.07, 6.45) is 2.30. The fourth-order valence-corrected chi connectivity index (χ4v) is 2.01. The minimum absolute atomic E-state index is 0.0806. The van der Waals surface area contributed by atoms with Gasteiger partial charge in [0.15, 0.2) is 0 Å². The number of carboxylic acid groups (broad SMARTS) is 1. The highest BCUT2D eigenvalue weighted by Gasteiger charge is 2.37. The second kappa shape index (κ2) is 5.16. The third-order valence-corrected chi connectivity index (χ3v) is 2.78. The van der Waals surface area contributed by atoms with Gasteiger partial charge in [-0.1, -0.05) is 12.8 Å². The molecule has 1 fully saturated rings. The SMILES string of the molecule is CC(CC(=O)O)(CC1CC1)NC(=O)OC(C)(C)C. The van der Waals surface area contributed by atoms with Gasteiger partial charge in [-0.3, -0.25) is 4.79 Å². The van der Waals surface area contributed by atoms with Crippen molar-refractivity contribution in [3.05, 3.63) is 0 Å². The van der Waals surface area contributed by atoms with Crippen molar-refractivity contribution in [2.75, 3.05) is 0 Å². The van der Waals surface area contributed by atoms with Crippen LogP contribution in [-0.2, 0) is 9.53 Å². The van der Waals surface area contributed by atoms with Crippen LogP contribution in [0.2, 0.25) is 0 Å². The Balaban J connectivity index is 2.59. The van der Waals surface area contributed by atoms with E-state index in [1.54, 1.807) is 27.7 Å². The molecule has 104 valence electrons. The molecule has 18 heavy (non-hydrogen) atoms. The van der Waals surface area contributed by atoms with Gasteiger partial charge in [-0.05, 0) is 40.0 Å². The second-order valence-corrected chi connectivity index (χ2v) is 6.41. The summed E-state index contributed by atoms with van der Waals surface area (Å²) in [5.74, 6) is -0.376. The third-order valence-electron chi connectivity index (χ3n) is 2.78. The molecule has 0 aliphatic heterocycles. The van der Waals surface area contributed by atoms with Gasteiger partial charge in [0.05, 0.1) is 12.0 Å². The molecular weight excluding hydrogens is 234 g/mol. The van der Waals surface area contributed by atoms with Crippen LogP contribution >= 0.6 is 0 Å². The Kier molecular flexibility index (Phi) is 4.24. The molecule has 0 aromatic carbocycles. The molecule has 5 nitrogen and oxygen atoms in total. The molecule has 1 atom stereocenters. The number of aliphatic carboxylic acids is 1. The van der Waals surface area contributed by atoms with Crippen molar-refractivity contribution in [2.45, 2.75) is 64.5 Å².